The third-order valence-electron chi connectivity index (χ3n) is 4.88. The van der Waals surface area contributed by atoms with Crippen molar-refractivity contribution in [2.45, 2.75) is 24.7 Å². The SMILES string of the molecule is CCCN1CCCN(C(=O)c2cccc(NS(=O)(=O)c3cccc(Cl)c3)c2)CC1. The molecule has 1 amide bonds. The Kier molecular flexibility index (Phi) is 7.16. The Bertz CT molecular complexity index is 965. The summed E-state index contributed by atoms with van der Waals surface area (Å²) in [7, 11) is -3.79. The Morgan fingerprint density at radius 1 is 1.07 bits per heavy atom. The second-order valence-electron chi connectivity index (χ2n) is 7.13. The molecule has 2 aromatic carbocycles. The smallest absolute Gasteiger partial charge is 0.261 e. The Morgan fingerprint density at radius 3 is 2.62 bits per heavy atom. The first-order chi connectivity index (χ1) is 13.9. The van der Waals surface area contributed by atoms with Crippen LogP contribution in [-0.2, 0) is 10.0 Å². The summed E-state index contributed by atoms with van der Waals surface area (Å²) >= 11 is 5.90. The molecule has 1 N–H and O–H groups in total. The Hall–Kier alpha value is -2.09. The number of nitrogens with one attached hydrogen (secondary N) is 1. The molecule has 1 heterocycles. The van der Waals surface area contributed by atoms with Crippen LogP contribution < -0.4 is 4.72 Å². The summed E-state index contributed by atoms with van der Waals surface area (Å²) < 4.78 is 27.7. The predicted octanol–water partition coefficient (Wildman–Crippen LogP) is 3.70. The van der Waals surface area contributed by atoms with Gasteiger partial charge in [0.2, 0.25) is 0 Å². The molecule has 2 aromatic rings. The molecule has 0 radical (unpaired) electrons. The minimum atomic E-state index is -3.79. The Balaban J connectivity index is 1.73. The lowest BCUT2D eigenvalue weighted by molar-refractivity contribution is 0.0761. The van der Waals surface area contributed by atoms with Gasteiger partial charge in [-0.2, -0.15) is 0 Å². The van der Waals surface area contributed by atoms with Crippen molar-refractivity contribution in [3.8, 4) is 0 Å². The van der Waals surface area contributed by atoms with E-state index in [0.717, 1.165) is 32.5 Å². The third kappa shape index (κ3) is 5.72. The number of hydrogen-bond acceptors (Lipinski definition) is 4. The fourth-order valence-corrected chi connectivity index (χ4v) is 4.81. The molecule has 0 aliphatic carbocycles. The van der Waals surface area contributed by atoms with Gasteiger partial charge in [0.25, 0.3) is 15.9 Å². The van der Waals surface area contributed by atoms with E-state index in [4.69, 9.17) is 11.6 Å². The van der Waals surface area contributed by atoms with Crippen molar-refractivity contribution in [2.24, 2.45) is 0 Å². The molecule has 3 rings (SSSR count). The number of sulfonamides is 1. The van der Waals surface area contributed by atoms with Crippen LogP contribution in [0.3, 0.4) is 0 Å². The quantitative estimate of drug-likeness (QED) is 0.751. The second-order valence-corrected chi connectivity index (χ2v) is 9.25. The van der Waals surface area contributed by atoms with E-state index in [9.17, 15) is 13.2 Å². The molecular formula is C21H26ClN3O3S. The van der Waals surface area contributed by atoms with Crippen molar-refractivity contribution in [1.82, 2.24) is 9.80 Å². The van der Waals surface area contributed by atoms with Crippen molar-refractivity contribution < 1.29 is 13.2 Å². The number of carbonyl (C=O) groups excluding carboxylic acids is 1. The minimum Gasteiger partial charge on any atom is -0.337 e. The molecule has 8 heteroatoms. The molecule has 0 atom stereocenters. The fraction of sp³-hybridized carbons (Fsp3) is 0.381. The molecule has 1 aliphatic heterocycles. The lowest BCUT2D eigenvalue weighted by Crippen LogP contribution is -2.35. The number of benzene rings is 2. The fourth-order valence-electron chi connectivity index (χ4n) is 3.46. The summed E-state index contributed by atoms with van der Waals surface area (Å²) in [6.45, 7) is 6.44. The zero-order valence-corrected chi connectivity index (χ0v) is 18.0. The van der Waals surface area contributed by atoms with Gasteiger partial charge in [0.1, 0.15) is 0 Å². The molecule has 1 saturated heterocycles. The molecule has 1 fully saturated rings. The molecule has 29 heavy (non-hydrogen) atoms. The summed E-state index contributed by atoms with van der Waals surface area (Å²) in [6.07, 6.45) is 2.04. The van der Waals surface area contributed by atoms with Crippen molar-refractivity contribution in [2.75, 3.05) is 37.4 Å². The van der Waals surface area contributed by atoms with Gasteiger partial charge in [-0.05, 0) is 62.3 Å². The van der Waals surface area contributed by atoms with Crippen LogP contribution in [0.2, 0.25) is 5.02 Å². The zero-order chi connectivity index (χ0) is 20.9. The topological polar surface area (TPSA) is 69.7 Å². The molecule has 0 aromatic heterocycles. The van der Waals surface area contributed by atoms with Gasteiger partial charge < -0.3 is 9.80 Å². The number of carbonyl (C=O) groups is 1. The first kappa shape index (κ1) is 21.6. The highest BCUT2D eigenvalue weighted by Crippen LogP contribution is 2.21. The normalized spacial score (nSPS) is 15.7. The lowest BCUT2D eigenvalue weighted by atomic mass is 10.1. The van der Waals surface area contributed by atoms with Crippen molar-refractivity contribution in [3.05, 3.63) is 59.1 Å². The average Bonchev–Trinajstić information content (AvgIpc) is 2.93. The van der Waals surface area contributed by atoms with Crippen LogP contribution in [0.25, 0.3) is 0 Å². The highest BCUT2D eigenvalue weighted by molar-refractivity contribution is 7.92. The summed E-state index contributed by atoms with van der Waals surface area (Å²) in [5.41, 5.74) is 0.818. The molecule has 0 spiro atoms. The molecule has 0 unspecified atom stereocenters. The molecule has 1 aliphatic rings. The van der Waals surface area contributed by atoms with E-state index in [1.54, 1.807) is 36.4 Å². The van der Waals surface area contributed by atoms with Gasteiger partial charge in [-0.3, -0.25) is 9.52 Å². The number of rotatable bonds is 6. The standard InChI is InChI=1S/C21H26ClN3O3S/c1-2-10-24-11-5-12-25(14-13-24)21(26)17-6-3-8-19(15-17)23-29(27,28)20-9-4-7-18(22)16-20/h3-4,6-9,15-16,23H,2,5,10-14H2,1H3. The van der Waals surface area contributed by atoms with Gasteiger partial charge in [-0.25, -0.2) is 8.42 Å². The number of halogens is 1. The first-order valence-corrected chi connectivity index (χ1v) is 11.7. The number of anilines is 1. The van der Waals surface area contributed by atoms with E-state index in [2.05, 4.69) is 16.5 Å². The molecular weight excluding hydrogens is 410 g/mol. The monoisotopic (exact) mass is 435 g/mol. The van der Waals surface area contributed by atoms with Crippen molar-refractivity contribution in [3.63, 3.8) is 0 Å². The van der Waals surface area contributed by atoms with E-state index in [-0.39, 0.29) is 10.8 Å². The second kappa shape index (κ2) is 9.61. The Labute approximate surface area is 177 Å². The zero-order valence-electron chi connectivity index (χ0n) is 16.5. The molecule has 6 nitrogen and oxygen atoms in total. The minimum absolute atomic E-state index is 0.0743. The van der Waals surface area contributed by atoms with Crippen LogP contribution in [0.5, 0.6) is 0 Å². The van der Waals surface area contributed by atoms with Crippen LogP contribution in [0.4, 0.5) is 5.69 Å². The molecule has 0 saturated carbocycles. The summed E-state index contributed by atoms with van der Waals surface area (Å²) in [5.74, 6) is -0.0767. The van der Waals surface area contributed by atoms with Gasteiger partial charge in [0.05, 0.1) is 4.90 Å². The highest BCUT2D eigenvalue weighted by Gasteiger charge is 2.21. The maximum atomic E-state index is 13.0. The predicted molar refractivity (Wildman–Crippen MR) is 116 cm³/mol. The van der Waals surface area contributed by atoms with Gasteiger partial charge in [-0.15, -0.1) is 0 Å². The lowest BCUT2D eigenvalue weighted by Gasteiger charge is -2.22. The molecule has 0 bridgehead atoms. The number of amides is 1. The highest BCUT2D eigenvalue weighted by atomic mass is 35.5. The van der Waals surface area contributed by atoms with E-state index in [0.29, 0.717) is 29.4 Å². The van der Waals surface area contributed by atoms with Gasteiger partial charge in [0.15, 0.2) is 0 Å². The van der Waals surface area contributed by atoms with Crippen LogP contribution >= 0.6 is 11.6 Å². The van der Waals surface area contributed by atoms with Crippen LogP contribution in [0.1, 0.15) is 30.1 Å². The number of nitrogens with zero attached hydrogens (tertiary/aromatic N) is 2. The average molecular weight is 436 g/mol. The Morgan fingerprint density at radius 2 is 1.86 bits per heavy atom. The maximum Gasteiger partial charge on any atom is 0.261 e. The van der Waals surface area contributed by atoms with E-state index >= 15 is 0 Å². The van der Waals surface area contributed by atoms with Crippen LogP contribution in [0.15, 0.2) is 53.4 Å². The summed E-state index contributed by atoms with van der Waals surface area (Å²) in [5, 5.41) is 0.343. The van der Waals surface area contributed by atoms with E-state index < -0.39 is 10.0 Å². The van der Waals surface area contributed by atoms with Crippen LogP contribution in [0, 0.1) is 0 Å². The van der Waals surface area contributed by atoms with Crippen molar-refractivity contribution in [1.29, 1.82) is 0 Å². The van der Waals surface area contributed by atoms with Gasteiger partial charge in [0, 0.05) is 35.9 Å². The van der Waals surface area contributed by atoms with Gasteiger partial charge >= 0.3 is 0 Å². The number of hydrogen-bond donors (Lipinski definition) is 1. The van der Waals surface area contributed by atoms with Crippen LogP contribution in [-0.4, -0.2) is 56.8 Å². The molecule has 156 valence electrons. The van der Waals surface area contributed by atoms with Crippen molar-refractivity contribution >= 4 is 33.2 Å². The third-order valence-corrected chi connectivity index (χ3v) is 6.50. The first-order valence-electron chi connectivity index (χ1n) is 9.79. The maximum absolute atomic E-state index is 13.0. The summed E-state index contributed by atoms with van der Waals surface area (Å²) in [4.78, 5) is 17.3. The summed E-state index contributed by atoms with van der Waals surface area (Å²) in [6, 6.07) is 12.7. The van der Waals surface area contributed by atoms with E-state index in [1.807, 2.05) is 4.90 Å². The van der Waals surface area contributed by atoms with E-state index in [1.165, 1.54) is 12.1 Å². The van der Waals surface area contributed by atoms with Gasteiger partial charge in [-0.1, -0.05) is 30.7 Å². The largest absolute Gasteiger partial charge is 0.337 e.